The Morgan fingerprint density at radius 3 is 2.59 bits per heavy atom. The minimum absolute atomic E-state index is 0. The van der Waals surface area contributed by atoms with Crippen LogP contribution in [0.15, 0.2) is 30.3 Å². The molecule has 2 amide bonds. The van der Waals surface area contributed by atoms with E-state index in [2.05, 4.69) is 10.6 Å². The lowest BCUT2D eigenvalue weighted by atomic mass is 10.0. The molecule has 2 aliphatic rings. The number of benzene rings is 1. The van der Waals surface area contributed by atoms with E-state index in [1.807, 2.05) is 11.8 Å². The SMILES string of the molecule is Cc1cc(NC(=O)c2cccc(F)c2)sc1C(=O)N1C[C@H]2CNC[C@H]2C1.Cl. The molecule has 2 fully saturated rings. The number of nitrogens with zero attached hydrogens (tertiary/aromatic N) is 1. The molecule has 2 aromatic rings. The van der Waals surface area contributed by atoms with Gasteiger partial charge >= 0.3 is 0 Å². The van der Waals surface area contributed by atoms with Gasteiger partial charge < -0.3 is 15.5 Å². The highest BCUT2D eigenvalue weighted by Crippen LogP contribution is 2.32. The number of likely N-dealkylation sites (tertiary alicyclic amines) is 1. The molecular weight excluding hydrogens is 389 g/mol. The van der Waals surface area contributed by atoms with Crippen LogP contribution >= 0.6 is 23.7 Å². The van der Waals surface area contributed by atoms with Crippen LogP contribution in [0.4, 0.5) is 9.39 Å². The predicted molar refractivity (Wildman–Crippen MR) is 106 cm³/mol. The summed E-state index contributed by atoms with van der Waals surface area (Å²) < 4.78 is 13.3. The van der Waals surface area contributed by atoms with Crippen LogP contribution in [0, 0.1) is 24.6 Å². The Morgan fingerprint density at radius 2 is 1.93 bits per heavy atom. The highest BCUT2D eigenvalue weighted by molar-refractivity contribution is 7.18. The molecule has 4 rings (SSSR count). The Hall–Kier alpha value is -1.96. The van der Waals surface area contributed by atoms with Crippen molar-refractivity contribution in [3.63, 3.8) is 0 Å². The normalized spacial score (nSPS) is 20.9. The standard InChI is InChI=1S/C19H20FN3O2S.ClH/c1-11-5-16(22-18(24)12-3-2-4-15(20)6-12)26-17(11)19(25)23-9-13-7-21-8-14(13)10-23;/h2-6,13-14,21H,7-10H2,1H3,(H,22,24);1H/t13-,14+;. The summed E-state index contributed by atoms with van der Waals surface area (Å²) in [5.74, 6) is 0.294. The summed E-state index contributed by atoms with van der Waals surface area (Å²) in [6, 6.07) is 7.34. The molecule has 2 saturated heterocycles. The van der Waals surface area contributed by atoms with E-state index >= 15 is 0 Å². The monoisotopic (exact) mass is 409 g/mol. The number of thiophene rings is 1. The second-order valence-corrected chi connectivity index (χ2v) is 8.03. The van der Waals surface area contributed by atoms with Crippen LogP contribution in [0.25, 0.3) is 0 Å². The number of nitrogens with one attached hydrogen (secondary N) is 2. The van der Waals surface area contributed by atoms with Gasteiger partial charge in [-0.3, -0.25) is 9.59 Å². The van der Waals surface area contributed by atoms with Crippen molar-refractivity contribution >= 4 is 40.6 Å². The lowest BCUT2D eigenvalue weighted by Crippen LogP contribution is -2.31. The molecule has 0 saturated carbocycles. The number of rotatable bonds is 3. The van der Waals surface area contributed by atoms with Gasteiger partial charge in [-0.2, -0.15) is 0 Å². The summed E-state index contributed by atoms with van der Waals surface area (Å²) in [7, 11) is 0. The van der Waals surface area contributed by atoms with Gasteiger partial charge in [-0.15, -0.1) is 23.7 Å². The fourth-order valence-corrected chi connectivity index (χ4v) is 4.77. The van der Waals surface area contributed by atoms with Crippen LogP contribution < -0.4 is 10.6 Å². The summed E-state index contributed by atoms with van der Waals surface area (Å²) in [6.45, 7) is 5.41. The Bertz CT molecular complexity index is 860. The minimum Gasteiger partial charge on any atom is -0.337 e. The third-order valence-electron chi connectivity index (χ3n) is 5.11. The first-order valence-electron chi connectivity index (χ1n) is 8.68. The van der Waals surface area contributed by atoms with Gasteiger partial charge in [0.2, 0.25) is 0 Å². The summed E-state index contributed by atoms with van der Waals surface area (Å²) in [5, 5.41) is 6.73. The van der Waals surface area contributed by atoms with E-state index in [0.29, 0.717) is 21.7 Å². The van der Waals surface area contributed by atoms with Crippen LogP contribution in [-0.4, -0.2) is 42.9 Å². The van der Waals surface area contributed by atoms with E-state index in [9.17, 15) is 14.0 Å². The first-order valence-corrected chi connectivity index (χ1v) is 9.50. The number of carbonyl (C=O) groups is 2. The largest absolute Gasteiger partial charge is 0.337 e. The number of hydrogen-bond donors (Lipinski definition) is 2. The molecule has 0 bridgehead atoms. The fraction of sp³-hybridized carbons (Fsp3) is 0.368. The van der Waals surface area contributed by atoms with Crippen LogP contribution in [-0.2, 0) is 0 Å². The molecule has 1 aromatic heterocycles. The topological polar surface area (TPSA) is 61.4 Å². The van der Waals surface area contributed by atoms with Gasteiger partial charge in [-0.25, -0.2) is 4.39 Å². The van der Waals surface area contributed by atoms with Crippen molar-refractivity contribution in [1.29, 1.82) is 0 Å². The summed E-state index contributed by atoms with van der Waals surface area (Å²) in [5.41, 5.74) is 1.11. The Labute approximate surface area is 167 Å². The number of hydrogen-bond acceptors (Lipinski definition) is 4. The Balaban J connectivity index is 0.00000210. The van der Waals surface area contributed by atoms with Crippen molar-refractivity contribution in [3.8, 4) is 0 Å². The molecule has 0 unspecified atom stereocenters. The summed E-state index contributed by atoms with van der Waals surface area (Å²) >= 11 is 1.28. The molecule has 0 aliphatic carbocycles. The number of fused-ring (bicyclic) bond motifs is 1. The molecule has 27 heavy (non-hydrogen) atoms. The van der Waals surface area contributed by atoms with Crippen LogP contribution in [0.5, 0.6) is 0 Å². The van der Waals surface area contributed by atoms with Crippen molar-refractivity contribution in [1.82, 2.24) is 10.2 Å². The number of carbonyl (C=O) groups excluding carboxylic acids is 2. The first kappa shape index (κ1) is 19.8. The molecule has 1 aromatic carbocycles. The average molecular weight is 410 g/mol. The fourth-order valence-electron chi connectivity index (χ4n) is 3.73. The number of halogens is 2. The maximum absolute atomic E-state index is 13.3. The van der Waals surface area contributed by atoms with E-state index in [0.717, 1.165) is 31.7 Å². The van der Waals surface area contributed by atoms with Crippen molar-refractivity contribution < 1.29 is 14.0 Å². The molecule has 2 atom stereocenters. The van der Waals surface area contributed by atoms with Crippen LogP contribution in [0.2, 0.25) is 0 Å². The zero-order valence-electron chi connectivity index (χ0n) is 14.8. The van der Waals surface area contributed by atoms with Crippen LogP contribution in [0.3, 0.4) is 0 Å². The van der Waals surface area contributed by atoms with E-state index in [1.54, 1.807) is 12.1 Å². The van der Waals surface area contributed by atoms with Gasteiger partial charge in [-0.1, -0.05) is 6.07 Å². The third-order valence-corrected chi connectivity index (χ3v) is 6.25. The van der Waals surface area contributed by atoms with Gasteiger partial charge in [0.1, 0.15) is 5.82 Å². The minimum atomic E-state index is -0.454. The number of anilines is 1. The highest BCUT2D eigenvalue weighted by atomic mass is 35.5. The molecule has 0 spiro atoms. The smallest absolute Gasteiger partial charge is 0.264 e. The quantitative estimate of drug-likeness (QED) is 0.818. The maximum atomic E-state index is 13.3. The van der Waals surface area contributed by atoms with Crippen molar-refractivity contribution in [2.75, 3.05) is 31.5 Å². The second-order valence-electron chi connectivity index (χ2n) is 6.98. The Kier molecular flexibility index (Phi) is 5.83. The molecule has 144 valence electrons. The first-order chi connectivity index (χ1) is 12.5. The van der Waals surface area contributed by atoms with Crippen molar-refractivity contribution in [2.45, 2.75) is 6.92 Å². The predicted octanol–water partition coefficient (Wildman–Crippen LogP) is 3.16. The lowest BCUT2D eigenvalue weighted by Gasteiger charge is -2.17. The van der Waals surface area contributed by atoms with Crippen LogP contribution in [0.1, 0.15) is 25.6 Å². The zero-order valence-corrected chi connectivity index (χ0v) is 16.5. The highest BCUT2D eigenvalue weighted by Gasteiger charge is 2.38. The molecular formula is C19H21ClFN3O2S. The van der Waals surface area contributed by atoms with E-state index in [1.165, 1.54) is 29.5 Å². The zero-order chi connectivity index (χ0) is 18.3. The van der Waals surface area contributed by atoms with Crippen molar-refractivity contribution in [2.24, 2.45) is 11.8 Å². The summed E-state index contributed by atoms with van der Waals surface area (Å²) in [4.78, 5) is 27.7. The van der Waals surface area contributed by atoms with E-state index < -0.39 is 5.82 Å². The lowest BCUT2D eigenvalue weighted by molar-refractivity contribution is 0.0785. The van der Waals surface area contributed by atoms with Gasteiger partial charge in [0.05, 0.1) is 9.88 Å². The molecule has 8 heteroatoms. The van der Waals surface area contributed by atoms with E-state index in [-0.39, 0.29) is 29.8 Å². The number of aryl methyl sites for hydroxylation is 1. The Morgan fingerprint density at radius 1 is 1.22 bits per heavy atom. The van der Waals surface area contributed by atoms with Gasteiger partial charge in [0.15, 0.2) is 0 Å². The average Bonchev–Trinajstić information content (AvgIpc) is 3.28. The third kappa shape index (κ3) is 4.00. The van der Waals surface area contributed by atoms with E-state index in [4.69, 9.17) is 0 Å². The number of amides is 2. The molecule has 0 radical (unpaired) electrons. The molecule has 3 heterocycles. The summed E-state index contributed by atoms with van der Waals surface area (Å²) in [6.07, 6.45) is 0. The van der Waals surface area contributed by atoms with Gasteiger partial charge in [0.25, 0.3) is 11.8 Å². The van der Waals surface area contributed by atoms with Gasteiger partial charge in [-0.05, 0) is 48.6 Å². The van der Waals surface area contributed by atoms with Crippen molar-refractivity contribution in [3.05, 3.63) is 52.2 Å². The van der Waals surface area contributed by atoms with Gasteiger partial charge in [0, 0.05) is 31.7 Å². The molecule has 2 N–H and O–H groups in total. The maximum Gasteiger partial charge on any atom is 0.264 e. The molecule has 2 aliphatic heterocycles. The second kappa shape index (κ2) is 7.96. The molecule has 5 nitrogen and oxygen atoms in total.